The average Bonchev–Trinajstić information content (AvgIpc) is 3.06. The number of unbranched alkanes of at least 4 members (excludes halogenated alkanes) is 3. The molecule has 1 aliphatic carbocycles. The number of hydrogen-bond donors (Lipinski definition) is 0. The maximum Gasteiger partial charge on any atom is 0.343 e. The molecular formula is C38H45NO5. The summed E-state index contributed by atoms with van der Waals surface area (Å²) < 4.78 is 16.3. The number of benzene rings is 3. The van der Waals surface area contributed by atoms with Gasteiger partial charge in [0.2, 0.25) is 0 Å². The highest BCUT2D eigenvalue weighted by Gasteiger charge is 2.21. The number of carbonyl (C=O) groups excluding carboxylic acids is 2. The SMILES string of the molecule is C=CC(=O)OCCCCCCOc1ccc(C(=O)Oc2ccc(C=Nc3ccc(C4CCC(CCC)CC4)cc3)cc2)cc1. The van der Waals surface area contributed by atoms with Gasteiger partial charge in [0.05, 0.1) is 24.5 Å². The van der Waals surface area contributed by atoms with Crippen LogP contribution in [0.3, 0.4) is 0 Å². The van der Waals surface area contributed by atoms with Crippen LogP contribution in [-0.2, 0) is 9.53 Å². The number of esters is 2. The first kappa shape index (κ1) is 32.7. The van der Waals surface area contributed by atoms with E-state index in [-0.39, 0.29) is 5.97 Å². The van der Waals surface area contributed by atoms with Gasteiger partial charge in [0.1, 0.15) is 11.5 Å². The fourth-order valence-corrected chi connectivity index (χ4v) is 5.63. The Morgan fingerprint density at radius 3 is 2.14 bits per heavy atom. The van der Waals surface area contributed by atoms with Crippen molar-refractivity contribution in [1.29, 1.82) is 0 Å². The first-order valence-electron chi connectivity index (χ1n) is 16.0. The molecule has 6 heteroatoms. The standard InChI is InChI=1S/C38H45NO5/c1-3-9-29-10-14-31(15-11-29)32-16-20-34(21-17-32)39-28-30-12-22-36(23-13-30)44-38(41)33-18-24-35(25-19-33)42-26-7-5-6-8-27-43-37(40)4-2/h4,12-13,16-25,28-29,31H,2-3,5-11,14-15,26-27H2,1H3. The summed E-state index contributed by atoms with van der Waals surface area (Å²) in [5.74, 6) is 1.97. The van der Waals surface area contributed by atoms with Crippen molar-refractivity contribution >= 4 is 23.8 Å². The third kappa shape index (κ3) is 10.8. The highest BCUT2D eigenvalue weighted by atomic mass is 16.5. The second kappa shape index (κ2) is 17.8. The van der Waals surface area contributed by atoms with Gasteiger partial charge in [-0.25, -0.2) is 9.59 Å². The van der Waals surface area contributed by atoms with Crippen molar-refractivity contribution in [2.45, 2.75) is 77.0 Å². The molecule has 0 aliphatic heterocycles. The van der Waals surface area contributed by atoms with Crippen molar-refractivity contribution in [1.82, 2.24) is 0 Å². The van der Waals surface area contributed by atoms with E-state index in [1.54, 1.807) is 36.4 Å². The average molecular weight is 596 g/mol. The van der Waals surface area contributed by atoms with E-state index < -0.39 is 5.97 Å². The van der Waals surface area contributed by atoms with E-state index >= 15 is 0 Å². The highest BCUT2D eigenvalue weighted by molar-refractivity contribution is 5.91. The monoisotopic (exact) mass is 595 g/mol. The van der Waals surface area contributed by atoms with Crippen LogP contribution in [0.15, 0.2) is 90.4 Å². The van der Waals surface area contributed by atoms with E-state index in [2.05, 4.69) is 42.8 Å². The predicted molar refractivity (Wildman–Crippen MR) is 176 cm³/mol. The number of rotatable bonds is 16. The van der Waals surface area contributed by atoms with E-state index in [1.807, 2.05) is 18.3 Å². The van der Waals surface area contributed by atoms with Gasteiger partial charge in [-0.15, -0.1) is 0 Å². The molecule has 0 amide bonds. The second-order valence-electron chi connectivity index (χ2n) is 11.5. The molecule has 0 saturated heterocycles. The molecule has 0 unspecified atom stereocenters. The quantitative estimate of drug-likeness (QED) is 0.0542. The molecule has 232 valence electrons. The van der Waals surface area contributed by atoms with Crippen molar-refractivity contribution in [3.8, 4) is 11.5 Å². The summed E-state index contributed by atoms with van der Waals surface area (Å²) in [6, 6.07) is 23.0. The van der Waals surface area contributed by atoms with Crippen molar-refractivity contribution < 1.29 is 23.8 Å². The minimum absolute atomic E-state index is 0.384. The molecule has 3 aromatic carbocycles. The van der Waals surface area contributed by atoms with Crippen LogP contribution in [0.2, 0.25) is 0 Å². The summed E-state index contributed by atoms with van der Waals surface area (Å²) in [4.78, 5) is 28.3. The fourth-order valence-electron chi connectivity index (χ4n) is 5.63. The van der Waals surface area contributed by atoms with Crippen LogP contribution >= 0.6 is 0 Å². The van der Waals surface area contributed by atoms with Gasteiger partial charge >= 0.3 is 11.9 Å². The van der Waals surface area contributed by atoms with Gasteiger partial charge in [-0.05, 0) is 135 Å². The molecule has 0 radical (unpaired) electrons. The Bertz CT molecular complexity index is 1340. The highest BCUT2D eigenvalue weighted by Crippen LogP contribution is 2.37. The molecule has 6 nitrogen and oxygen atoms in total. The number of hydrogen-bond acceptors (Lipinski definition) is 6. The van der Waals surface area contributed by atoms with Crippen LogP contribution in [0.4, 0.5) is 5.69 Å². The summed E-state index contributed by atoms with van der Waals surface area (Å²) in [6.45, 7) is 6.65. The lowest BCUT2D eigenvalue weighted by molar-refractivity contribution is -0.137. The first-order chi connectivity index (χ1) is 21.5. The van der Waals surface area contributed by atoms with Gasteiger partial charge < -0.3 is 14.2 Å². The summed E-state index contributed by atoms with van der Waals surface area (Å²) in [6.07, 6.45) is 14.6. The largest absolute Gasteiger partial charge is 0.494 e. The third-order valence-electron chi connectivity index (χ3n) is 8.17. The second-order valence-corrected chi connectivity index (χ2v) is 11.5. The predicted octanol–water partition coefficient (Wildman–Crippen LogP) is 9.40. The van der Waals surface area contributed by atoms with E-state index in [0.717, 1.165) is 42.9 Å². The lowest BCUT2D eigenvalue weighted by atomic mass is 9.77. The molecule has 1 saturated carbocycles. The van der Waals surface area contributed by atoms with Crippen LogP contribution in [0.25, 0.3) is 0 Å². The lowest BCUT2D eigenvalue weighted by Crippen LogP contribution is -2.13. The van der Waals surface area contributed by atoms with Crippen LogP contribution < -0.4 is 9.47 Å². The Balaban J connectivity index is 1.16. The van der Waals surface area contributed by atoms with Crippen molar-refractivity contribution in [3.05, 3.63) is 102 Å². The summed E-state index contributed by atoms with van der Waals surface area (Å²) >= 11 is 0. The van der Waals surface area contributed by atoms with Gasteiger partial charge in [0, 0.05) is 12.3 Å². The lowest BCUT2D eigenvalue weighted by Gasteiger charge is -2.28. The molecule has 1 fully saturated rings. The molecule has 44 heavy (non-hydrogen) atoms. The Hall–Kier alpha value is -4.19. The Labute approximate surface area is 262 Å². The molecule has 0 atom stereocenters. The third-order valence-corrected chi connectivity index (χ3v) is 8.17. The zero-order chi connectivity index (χ0) is 31.0. The summed E-state index contributed by atoms with van der Waals surface area (Å²) in [5.41, 5.74) is 3.75. The maximum absolute atomic E-state index is 12.6. The molecular weight excluding hydrogens is 550 g/mol. The number of ether oxygens (including phenoxy) is 3. The molecule has 3 aromatic rings. The van der Waals surface area contributed by atoms with E-state index in [0.29, 0.717) is 36.2 Å². The minimum Gasteiger partial charge on any atom is -0.494 e. The maximum atomic E-state index is 12.6. The molecule has 4 rings (SSSR count). The van der Waals surface area contributed by atoms with Gasteiger partial charge in [-0.1, -0.05) is 38.5 Å². The van der Waals surface area contributed by atoms with Crippen LogP contribution in [0.1, 0.15) is 98.5 Å². The van der Waals surface area contributed by atoms with E-state index in [9.17, 15) is 9.59 Å². The number of aliphatic imine (C=N–C) groups is 1. The normalized spacial score (nSPS) is 16.4. The van der Waals surface area contributed by atoms with E-state index in [1.165, 1.54) is 50.2 Å². The van der Waals surface area contributed by atoms with Crippen molar-refractivity contribution in [2.24, 2.45) is 10.9 Å². The van der Waals surface area contributed by atoms with Gasteiger partial charge in [0.25, 0.3) is 0 Å². The van der Waals surface area contributed by atoms with Gasteiger partial charge in [0.15, 0.2) is 0 Å². The fraction of sp³-hybridized carbons (Fsp3) is 0.395. The summed E-state index contributed by atoms with van der Waals surface area (Å²) in [7, 11) is 0. The smallest absolute Gasteiger partial charge is 0.343 e. The molecule has 0 heterocycles. The van der Waals surface area contributed by atoms with Crippen molar-refractivity contribution in [2.75, 3.05) is 13.2 Å². The van der Waals surface area contributed by atoms with Crippen LogP contribution in [0, 0.1) is 5.92 Å². The van der Waals surface area contributed by atoms with E-state index in [4.69, 9.17) is 14.2 Å². The van der Waals surface area contributed by atoms with Crippen LogP contribution in [-0.4, -0.2) is 31.4 Å². The number of carbonyl (C=O) groups is 2. The van der Waals surface area contributed by atoms with Gasteiger partial charge in [-0.2, -0.15) is 0 Å². The van der Waals surface area contributed by atoms with Crippen molar-refractivity contribution in [3.63, 3.8) is 0 Å². The minimum atomic E-state index is -0.422. The molecule has 0 aromatic heterocycles. The Kier molecular flexibility index (Phi) is 13.2. The first-order valence-corrected chi connectivity index (χ1v) is 16.0. The Morgan fingerprint density at radius 2 is 1.48 bits per heavy atom. The zero-order valence-electron chi connectivity index (χ0n) is 25.9. The molecule has 1 aliphatic rings. The molecule has 0 bridgehead atoms. The van der Waals surface area contributed by atoms with Gasteiger partial charge in [-0.3, -0.25) is 4.99 Å². The summed E-state index contributed by atoms with van der Waals surface area (Å²) in [5, 5.41) is 0. The van der Waals surface area contributed by atoms with Crippen LogP contribution in [0.5, 0.6) is 11.5 Å². The topological polar surface area (TPSA) is 74.2 Å². The molecule has 0 N–H and O–H groups in total. The molecule has 0 spiro atoms. The Morgan fingerprint density at radius 1 is 0.818 bits per heavy atom. The number of nitrogens with zero attached hydrogens (tertiary/aromatic N) is 1. The zero-order valence-corrected chi connectivity index (χ0v) is 25.9.